The zero-order valence-electron chi connectivity index (χ0n) is 27.7. The minimum atomic E-state index is -4.72. The van der Waals surface area contributed by atoms with Crippen LogP contribution >= 0.6 is 0 Å². The summed E-state index contributed by atoms with van der Waals surface area (Å²) in [4.78, 5) is 39.8. The number of fused-ring (bicyclic) bond motifs is 4. The van der Waals surface area contributed by atoms with Gasteiger partial charge in [-0.1, -0.05) is 6.07 Å². The number of hydrogen-bond acceptors (Lipinski definition) is 7. The van der Waals surface area contributed by atoms with Crippen LogP contribution in [0.5, 0.6) is 0 Å². The second kappa shape index (κ2) is 11.9. The number of anilines is 2. The van der Waals surface area contributed by atoms with Crippen LogP contribution in [-0.2, 0) is 19.6 Å². The highest BCUT2D eigenvalue weighted by molar-refractivity contribution is 6.11. The van der Waals surface area contributed by atoms with Crippen molar-refractivity contribution in [3.05, 3.63) is 101 Å². The van der Waals surface area contributed by atoms with Crippen molar-refractivity contribution < 1.29 is 31.5 Å². The molecule has 6 aromatic rings. The molecule has 11 nitrogen and oxygen atoms in total. The van der Waals surface area contributed by atoms with Gasteiger partial charge in [-0.05, 0) is 42.3 Å². The smallest absolute Gasteiger partial charge is 0.372 e. The van der Waals surface area contributed by atoms with Crippen LogP contribution in [0.1, 0.15) is 32.9 Å². The summed E-state index contributed by atoms with van der Waals surface area (Å²) in [5.74, 6) is -2.67. The molecule has 0 saturated carbocycles. The van der Waals surface area contributed by atoms with Crippen LogP contribution in [0.15, 0.2) is 61.4 Å². The lowest BCUT2D eigenvalue weighted by atomic mass is 9.92. The van der Waals surface area contributed by atoms with E-state index in [2.05, 4.69) is 9.97 Å². The van der Waals surface area contributed by atoms with Crippen LogP contribution in [0.4, 0.5) is 38.1 Å². The van der Waals surface area contributed by atoms with Crippen molar-refractivity contribution in [2.45, 2.75) is 12.6 Å². The van der Waals surface area contributed by atoms with Crippen molar-refractivity contribution in [1.82, 2.24) is 28.4 Å². The molecular formula is C36H28F5N9O2. The fourth-order valence-electron chi connectivity index (χ4n) is 7.37. The number of imidazole rings is 2. The first kappa shape index (κ1) is 32.9. The Bertz CT molecular complexity index is 2480. The van der Waals surface area contributed by atoms with Crippen molar-refractivity contribution in [3.63, 3.8) is 0 Å². The van der Waals surface area contributed by atoms with Crippen molar-refractivity contribution in [3.8, 4) is 17.2 Å². The lowest BCUT2D eigenvalue weighted by Crippen LogP contribution is -2.50. The van der Waals surface area contributed by atoms with Crippen LogP contribution < -0.4 is 9.80 Å². The third-order valence-corrected chi connectivity index (χ3v) is 9.87. The van der Waals surface area contributed by atoms with Crippen molar-refractivity contribution in [2.75, 3.05) is 49.6 Å². The van der Waals surface area contributed by atoms with Gasteiger partial charge in [0.05, 0.1) is 40.5 Å². The summed E-state index contributed by atoms with van der Waals surface area (Å²) in [6, 6.07) is 9.08. The van der Waals surface area contributed by atoms with Gasteiger partial charge in [0.2, 0.25) is 5.78 Å². The molecule has 2 aliphatic heterocycles. The maximum absolute atomic E-state index is 15.7. The molecule has 16 heteroatoms. The number of amides is 1. The van der Waals surface area contributed by atoms with E-state index >= 15 is 8.78 Å². The number of halogens is 5. The molecule has 1 fully saturated rings. The van der Waals surface area contributed by atoms with Crippen molar-refractivity contribution in [1.29, 1.82) is 5.26 Å². The van der Waals surface area contributed by atoms with Gasteiger partial charge in [0.15, 0.2) is 0 Å². The molecule has 52 heavy (non-hydrogen) atoms. The number of alkyl halides is 3. The molecule has 8 rings (SSSR count). The third kappa shape index (κ3) is 5.06. The minimum absolute atomic E-state index is 0.0420. The van der Waals surface area contributed by atoms with E-state index in [1.165, 1.54) is 37.6 Å². The first-order valence-electron chi connectivity index (χ1n) is 16.3. The predicted octanol–water partition coefficient (Wildman–Crippen LogP) is 5.87. The lowest BCUT2D eigenvalue weighted by Gasteiger charge is -2.36. The molecule has 6 heterocycles. The van der Waals surface area contributed by atoms with E-state index in [0.717, 1.165) is 22.8 Å². The van der Waals surface area contributed by atoms with Crippen LogP contribution in [-0.4, -0.2) is 80.0 Å². The largest absolute Gasteiger partial charge is 0.417 e. The Labute approximate surface area is 292 Å². The number of carbonyl (C=O) groups excluding carboxylic acids is 2. The van der Waals surface area contributed by atoms with Gasteiger partial charge in [0, 0.05) is 69.7 Å². The van der Waals surface area contributed by atoms with Crippen molar-refractivity contribution >= 4 is 39.7 Å². The Balaban J connectivity index is 1.15. The maximum atomic E-state index is 15.7. The van der Waals surface area contributed by atoms with Crippen molar-refractivity contribution in [2.24, 2.45) is 7.05 Å². The Kier molecular flexibility index (Phi) is 7.56. The molecule has 2 aromatic carbocycles. The Hall–Kier alpha value is -6.24. The molecule has 0 N–H and O–H groups in total. The third-order valence-electron chi connectivity index (χ3n) is 9.87. The summed E-state index contributed by atoms with van der Waals surface area (Å²) >= 11 is 0. The van der Waals surface area contributed by atoms with E-state index in [9.17, 15) is 28.0 Å². The number of likely N-dealkylation sites (N-methyl/N-ethyl adjacent to an activating group) is 1. The summed E-state index contributed by atoms with van der Waals surface area (Å²) in [6.07, 6.45) is 1.15. The monoisotopic (exact) mass is 713 g/mol. The number of hydrogen-bond donors (Lipinski definition) is 0. The zero-order valence-corrected chi connectivity index (χ0v) is 27.7. The minimum Gasteiger partial charge on any atom is -0.372 e. The quantitative estimate of drug-likeness (QED) is 0.167. The van der Waals surface area contributed by atoms with E-state index in [4.69, 9.17) is 0 Å². The highest BCUT2D eigenvalue weighted by Gasteiger charge is 2.39. The number of benzene rings is 2. The van der Waals surface area contributed by atoms with E-state index in [0.29, 0.717) is 40.8 Å². The van der Waals surface area contributed by atoms with E-state index < -0.39 is 35.2 Å². The predicted molar refractivity (Wildman–Crippen MR) is 180 cm³/mol. The molecule has 0 atom stereocenters. The van der Waals surface area contributed by atoms with Gasteiger partial charge in [-0.15, -0.1) is 0 Å². The normalized spacial score (nSPS) is 14.8. The van der Waals surface area contributed by atoms with Crippen LogP contribution in [0, 0.1) is 23.0 Å². The summed E-state index contributed by atoms with van der Waals surface area (Å²) in [7, 11) is 3.33. The molecule has 2 aliphatic rings. The fraction of sp³-hybridized carbons (Fsp3) is 0.250. The van der Waals surface area contributed by atoms with Gasteiger partial charge < -0.3 is 23.7 Å². The van der Waals surface area contributed by atoms with Gasteiger partial charge in [-0.2, -0.15) is 18.4 Å². The van der Waals surface area contributed by atoms with Gasteiger partial charge in [0.25, 0.3) is 0 Å². The first-order chi connectivity index (χ1) is 24.9. The molecule has 0 aliphatic carbocycles. The fourth-order valence-corrected chi connectivity index (χ4v) is 7.37. The van der Waals surface area contributed by atoms with Gasteiger partial charge >= 0.3 is 12.2 Å². The summed E-state index contributed by atoms with van der Waals surface area (Å²) in [5, 5.41) is 9.22. The topological polar surface area (TPSA) is 108 Å². The molecule has 0 radical (unpaired) electrons. The Morgan fingerprint density at radius 3 is 2.37 bits per heavy atom. The molecule has 0 bridgehead atoms. The Morgan fingerprint density at radius 1 is 0.942 bits per heavy atom. The van der Waals surface area contributed by atoms with Gasteiger partial charge in [0.1, 0.15) is 40.9 Å². The number of ketones is 1. The standard InChI is InChI=1S/C36H28F5N9O2/c1-45-7-5-20-14-28(49-6-3-4-23(31(20)49)29-24(36(39,40)41)15-27-30(33(29)45)44-19-46(27)2)34(51)21-12-25(37)32(26(38)13-21)47-8-10-48(11-9-47)35(52)50-18-43-17-22(50)16-42/h3-4,6,12-15,17-19H,5,7-11H2,1-2H3. The summed E-state index contributed by atoms with van der Waals surface area (Å²) in [5.41, 5.74) is 0.863. The van der Waals surface area contributed by atoms with Gasteiger partial charge in [-0.25, -0.2) is 28.1 Å². The van der Waals surface area contributed by atoms with E-state index in [-0.39, 0.29) is 59.9 Å². The number of aromatic nitrogens is 5. The summed E-state index contributed by atoms with van der Waals surface area (Å²) in [6.45, 7) is 0.700. The zero-order chi connectivity index (χ0) is 36.6. The first-order valence-corrected chi connectivity index (χ1v) is 16.3. The van der Waals surface area contributed by atoms with Crippen LogP contribution in [0.25, 0.3) is 27.7 Å². The molecule has 0 unspecified atom stereocenters. The average molecular weight is 714 g/mol. The molecule has 4 aromatic heterocycles. The molecular weight excluding hydrogens is 685 g/mol. The molecule has 0 spiro atoms. The van der Waals surface area contributed by atoms with Crippen LogP contribution in [0.3, 0.4) is 0 Å². The highest BCUT2D eigenvalue weighted by atomic mass is 19.4. The maximum Gasteiger partial charge on any atom is 0.417 e. The molecule has 264 valence electrons. The second-order valence-electron chi connectivity index (χ2n) is 12.9. The summed E-state index contributed by atoms with van der Waals surface area (Å²) < 4.78 is 79.9. The number of piperazine rings is 1. The van der Waals surface area contributed by atoms with E-state index in [1.807, 2.05) is 6.07 Å². The number of carbonyl (C=O) groups is 2. The Morgan fingerprint density at radius 2 is 1.67 bits per heavy atom. The van der Waals surface area contributed by atoms with E-state index in [1.54, 1.807) is 43.4 Å². The lowest BCUT2D eigenvalue weighted by molar-refractivity contribution is -0.137. The number of rotatable bonds is 3. The van der Waals surface area contributed by atoms with Gasteiger partial charge in [-0.3, -0.25) is 4.79 Å². The molecule has 1 saturated heterocycles. The number of nitrogens with zero attached hydrogens (tertiary/aromatic N) is 9. The highest BCUT2D eigenvalue weighted by Crippen LogP contribution is 2.48. The molecule has 1 amide bonds. The van der Waals surface area contributed by atoms with Crippen LogP contribution in [0.2, 0.25) is 0 Å². The number of aryl methyl sites for hydroxylation is 1. The number of nitriles is 1. The SMILES string of the molecule is CN1CCc2cc(C(=O)c3cc(F)c(N4CCN(C(=O)n5cncc5C#N)CC4)c(F)c3)n3cccc(c23)-c2c(C(F)(F)F)cc3c(ncn3C)c21. The second-order valence-corrected chi connectivity index (χ2v) is 12.9. The number of pyridine rings is 1. The average Bonchev–Trinajstić information content (AvgIpc) is 3.85.